The number of carbonyl (C=O) groups is 1. The number of thiazole rings is 1. The lowest BCUT2D eigenvalue weighted by molar-refractivity contribution is 0.0981. The molecule has 168 valence electrons. The largest absolute Gasteiger partial charge is 0.302 e. The normalized spacial score (nSPS) is 11.0. The third-order valence-electron chi connectivity index (χ3n) is 5.02. The number of likely N-dealkylation sites (N-methyl/N-ethyl adjacent to an activating group) is 1. The first-order valence-electron chi connectivity index (χ1n) is 10.3. The standard InChI is InChI=1S/C23H29N3OS3.ClH/c1-5-25(6-2)15-16-26(22(27)17-11-8-9-12-18(17)29-7-3)23-24-21-19(28-4)13-10-14-20(21)30-23;/h8-14H,5-7,15-16H2,1-4H3;1H. The van der Waals surface area contributed by atoms with E-state index >= 15 is 0 Å². The summed E-state index contributed by atoms with van der Waals surface area (Å²) >= 11 is 5.00. The molecule has 0 unspecified atom stereocenters. The first-order valence-corrected chi connectivity index (χ1v) is 13.3. The van der Waals surface area contributed by atoms with Gasteiger partial charge in [-0.05, 0) is 49.4 Å². The molecule has 0 saturated carbocycles. The lowest BCUT2D eigenvalue weighted by atomic mass is 10.2. The summed E-state index contributed by atoms with van der Waals surface area (Å²) in [4.78, 5) is 25.0. The van der Waals surface area contributed by atoms with Crippen molar-refractivity contribution >= 4 is 68.5 Å². The molecule has 8 heteroatoms. The molecule has 31 heavy (non-hydrogen) atoms. The molecule has 1 heterocycles. The lowest BCUT2D eigenvalue weighted by Crippen LogP contribution is -2.39. The molecule has 0 bridgehead atoms. The summed E-state index contributed by atoms with van der Waals surface area (Å²) in [6, 6.07) is 14.2. The maximum Gasteiger partial charge on any atom is 0.261 e. The molecule has 4 nitrogen and oxygen atoms in total. The average molecular weight is 496 g/mol. The van der Waals surface area contributed by atoms with Crippen LogP contribution in [0.15, 0.2) is 52.3 Å². The maximum atomic E-state index is 13.7. The molecule has 0 N–H and O–H groups in total. The van der Waals surface area contributed by atoms with E-state index in [1.807, 2.05) is 29.2 Å². The fraction of sp³-hybridized carbons (Fsp3) is 0.391. The maximum absolute atomic E-state index is 13.7. The van der Waals surface area contributed by atoms with Crippen LogP contribution in [0.4, 0.5) is 5.13 Å². The van der Waals surface area contributed by atoms with Crippen molar-refractivity contribution in [3.8, 4) is 0 Å². The highest BCUT2D eigenvalue weighted by Crippen LogP contribution is 2.35. The van der Waals surface area contributed by atoms with Crippen LogP contribution in [0.2, 0.25) is 0 Å². The Bertz CT molecular complexity index is 991. The minimum Gasteiger partial charge on any atom is -0.302 e. The van der Waals surface area contributed by atoms with E-state index in [1.165, 1.54) is 0 Å². The summed E-state index contributed by atoms with van der Waals surface area (Å²) in [7, 11) is 0. The summed E-state index contributed by atoms with van der Waals surface area (Å²) in [5.41, 5.74) is 1.75. The number of anilines is 1. The van der Waals surface area contributed by atoms with Gasteiger partial charge in [-0.3, -0.25) is 9.69 Å². The predicted octanol–water partition coefficient (Wildman–Crippen LogP) is 6.54. The fourth-order valence-corrected chi connectivity index (χ4v) is 5.77. The van der Waals surface area contributed by atoms with Crippen LogP contribution in [0, 0.1) is 0 Å². The number of carbonyl (C=O) groups excluding carboxylic acids is 1. The molecular weight excluding hydrogens is 466 g/mol. The van der Waals surface area contributed by atoms with Crippen molar-refractivity contribution in [3.05, 3.63) is 48.0 Å². The molecule has 0 aliphatic heterocycles. The number of thioether (sulfide) groups is 2. The van der Waals surface area contributed by atoms with Crippen LogP contribution in [0.1, 0.15) is 31.1 Å². The Hall–Kier alpha value is -1.25. The minimum absolute atomic E-state index is 0. The first kappa shape index (κ1) is 26.0. The van der Waals surface area contributed by atoms with E-state index in [1.54, 1.807) is 34.9 Å². The van der Waals surface area contributed by atoms with Gasteiger partial charge < -0.3 is 4.90 Å². The number of amides is 1. The summed E-state index contributed by atoms with van der Waals surface area (Å²) in [6.45, 7) is 9.82. The zero-order valence-electron chi connectivity index (χ0n) is 18.5. The van der Waals surface area contributed by atoms with Crippen LogP contribution < -0.4 is 4.90 Å². The summed E-state index contributed by atoms with van der Waals surface area (Å²) < 4.78 is 1.12. The van der Waals surface area contributed by atoms with E-state index in [0.717, 1.165) is 56.1 Å². The Morgan fingerprint density at radius 2 is 1.71 bits per heavy atom. The zero-order valence-corrected chi connectivity index (χ0v) is 21.7. The third kappa shape index (κ3) is 6.17. The smallest absolute Gasteiger partial charge is 0.261 e. The second-order valence-electron chi connectivity index (χ2n) is 6.72. The van der Waals surface area contributed by atoms with Gasteiger partial charge in [0.2, 0.25) is 0 Å². The van der Waals surface area contributed by atoms with E-state index in [9.17, 15) is 4.79 Å². The SMILES string of the molecule is CCSc1ccccc1C(=O)N(CCN(CC)CC)c1nc2c(SC)cccc2s1.Cl. The van der Waals surface area contributed by atoms with E-state index in [0.29, 0.717) is 6.54 Å². The second kappa shape index (κ2) is 12.7. The molecule has 0 saturated heterocycles. The van der Waals surface area contributed by atoms with Crippen molar-refractivity contribution < 1.29 is 4.79 Å². The molecule has 0 aliphatic rings. The van der Waals surface area contributed by atoms with E-state index < -0.39 is 0 Å². The Labute approximate surface area is 204 Å². The molecule has 0 spiro atoms. The highest BCUT2D eigenvalue weighted by atomic mass is 35.5. The predicted molar refractivity (Wildman–Crippen MR) is 141 cm³/mol. The second-order valence-corrected chi connectivity index (χ2v) is 9.88. The number of rotatable bonds is 10. The van der Waals surface area contributed by atoms with Gasteiger partial charge in [0.05, 0.1) is 15.8 Å². The van der Waals surface area contributed by atoms with Gasteiger partial charge in [0.1, 0.15) is 0 Å². The number of para-hydroxylation sites is 1. The third-order valence-corrected chi connectivity index (χ3v) is 7.79. The molecule has 0 radical (unpaired) electrons. The summed E-state index contributed by atoms with van der Waals surface area (Å²) in [5.74, 6) is 0.963. The molecule has 2 aromatic carbocycles. The minimum atomic E-state index is 0. The highest BCUT2D eigenvalue weighted by Gasteiger charge is 2.24. The van der Waals surface area contributed by atoms with Crippen molar-refractivity contribution in [1.29, 1.82) is 0 Å². The van der Waals surface area contributed by atoms with E-state index in [4.69, 9.17) is 4.98 Å². The number of aromatic nitrogens is 1. The quantitative estimate of drug-likeness (QED) is 0.298. The Balaban J connectivity index is 0.00000341. The Morgan fingerprint density at radius 3 is 2.39 bits per heavy atom. The number of hydrogen-bond donors (Lipinski definition) is 0. The van der Waals surface area contributed by atoms with Crippen molar-refractivity contribution in [1.82, 2.24) is 9.88 Å². The first-order chi connectivity index (χ1) is 14.6. The van der Waals surface area contributed by atoms with Gasteiger partial charge in [-0.2, -0.15) is 0 Å². The van der Waals surface area contributed by atoms with Crippen LogP contribution in [-0.2, 0) is 0 Å². The van der Waals surface area contributed by atoms with Crippen molar-refractivity contribution in [2.45, 2.75) is 30.6 Å². The highest BCUT2D eigenvalue weighted by molar-refractivity contribution is 7.99. The molecule has 3 aromatic rings. The van der Waals surface area contributed by atoms with Gasteiger partial charge in [-0.1, -0.05) is 50.3 Å². The van der Waals surface area contributed by atoms with Crippen LogP contribution in [-0.4, -0.2) is 54.0 Å². The molecule has 0 aliphatic carbocycles. The van der Waals surface area contributed by atoms with Gasteiger partial charge in [0.15, 0.2) is 5.13 Å². The topological polar surface area (TPSA) is 36.4 Å². The number of halogens is 1. The van der Waals surface area contributed by atoms with Crippen LogP contribution in [0.3, 0.4) is 0 Å². The summed E-state index contributed by atoms with van der Waals surface area (Å²) in [6.07, 6.45) is 2.06. The number of hydrogen-bond acceptors (Lipinski definition) is 6. The van der Waals surface area contributed by atoms with E-state index in [-0.39, 0.29) is 18.3 Å². The van der Waals surface area contributed by atoms with Crippen LogP contribution in [0.25, 0.3) is 10.2 Å². The van der Waals surface area contributed by atoms with Gasteiger partial charge in [-0.15, -0.1) is 35.9 Å². The van der Waals surface area contributed by atoms with Gasteiger partial charge >= 0.3 is 0 Å². The molecule has 0 atom stereocenters. The number of nitrogens with zero attached hydrogens (tertiary/aromatic N) is 3. The number of benzene rings is 2. The Kier molecular flexibility index (Phi) is 10.7. The van der Waals surface area contributed by atoms with E-state index in [2.05, 4.69) is 50.1 Å². The van der Waals surface area contributed by atoms with Gasteiger partial charge in [0, 0.05) is 22.9 Å². The lowest BCUT2D eigenvalue weighted by Gasteiger charge is -2.25. The van der Waals surface area contributed by atoms with Gasteiger partial charge in [0.25, 0.3) is 5.91 Å². The molecule has 0 fully saturated rings. The monoisotopic (exact) mass is 495 g/mol. The van der Waals surface area contributed by atoms with Crippen molar-refractivity contribution in [2.75, 3.05) is 43.1 Å². The Morgan fingerprint density at radius 1 is 1.00 bits per heavy atom. The van der Waals surface area contributed by atoms with Gasteiger partial charge in [-0.25, -0.2) is 4.98 Å². The average Bonchev–Trinajstić information content (AvgIpc) is 3.21. The van der Waals surface area contributed by atoms with Crippen LogP contribution in [0.5, 0.6) is 0 Å². The molecular formula is C23H30ClN3OS3. The zero-order chi connectivity index (χ0) is 21.5. The summed E-state index contributed by atoms with van der Waals surface area (Å²) in [5, 5.41) is 0.778. The number of fused-ring (bicyclic) bond motifs is 1. The van der Waals surface area contributed by atoms with Crippen LogP contribution >= 0.6 is 47.3 Å². The molecule has 3 rings (SSSR count). The van der Waals surface area contributed by atoms with Crippen molar-refractivity contribution in [3.63, 3.8) is 0 Å². The fourth-order valence-electron chi connectivity index (χ4n) is 3.33. The molecule has 1 amide bonds. The van der Waals surface area contributed by atoms with Crippen molar-refractivity contribution in [2.24, 2.45) is 0 Å². The molecule has 1 aromatic heterocycles.